The zero-order chi connectivity index (χ0) is 30.5. The van der Waals surface area contributed by atoms with Crippen LogP contribution in [0.15, 0.2) is 54.7 Å². The van der Waals surface area contributed by atoms with Crippen LogP contribution >= 0.6 is 0 Å². The average molecular weight is 584 g/mol. The molecule has 2 heterocycles. The lowest BCUT2D eigenvalue weighted by Gasteiger charge is -2.23. The van der Waals surface area contributed by atoms with Gasteiger partial charge < -0.3 is 21.1 Å². The Morgan fingerprint density at radius 3 is 2.63 bits per heavy atom. The normalized spacial score (nSPS) is 18.5. The van der Waals surface area contributed by atoms with Gasteiger partial charge in [-0.05, 0) is 90.6 Å². The monoisotopic (exact) mass is 583 g/mol. The van der Waals surface area contributed by atoms with Gasteiger partial charge in [0.1, 0.15) is 0 Å². The fourth-order valence-corrected chi connectivity index (χ4v) is 5.43. The molecule has 2 bridgehead atoms. The Kier molecular flexibility index (Phi) is 9.40. The minimum atomic E-state index is -0.548. The van der Waals surface area contributed by atoms with E-state index in [0.29, 0.717) is 48.8 Å². The average Bonchev–Trinajstić information content (AvgIpc) is 3.84. The fraction of sp³-hybridized carbons (Fsp3) is 0.412. The first-order valence-corrected chi connectivity index (χ1v) is 15.2. The van der Waals surface area contributed by atoms with Crippen LogP contribution in [0.4, 0.5) is 16.2 Å². The summed E-state index contributed by atoms with van der Waals surface area (Å²) in [7, 11) is 0. The minimum Gasteiger partial charge on any atom is -0.449 e. The Bertz CT molecular complexity index is 1500. The summed E-state index contributed by atoms with van der Waals surface area (Å²) in [4.78, 5) is 43.7. The summed E-state index contributed by atoms with van der Waals surface area (Å²) >= 11 is 0. The van der Waals surface area contributed by atoms with Gasteiger partial charge in [-0.1, -0.05) is 39.3 Å². The maximum atomic E-state index is 13.5. The van der Waals surface area contributed by atoms with Gasteiger partial charge in [-0.25, -0.2) is 4.79 Å². The van der Waals surface area contributed by atoms with Crippen molar-refractivity contribution >= 4 is 29.3 Å². The SMILES string of the molecule is CC(C)COC(=O)Nc1ccc2c(c1)NC(=O)[C@@H](C)CCC[C@H](NC(=O)c1ccc(CN)c(C3CC3)c1)c1cc-2ccn1. The summed E-state index contributed by atoms with van der Waals surface area (Å²) in [5.41, 5.74) is 12.3. The van der Waals surface area contributed by atoms with Crippen LogP contribution in [-0.4, -0.2) is 29.5 Å². The van der Waals surface area contributed by atoms with Crippen molar-refractivity contribution in [2.45, 2.75) is 71.4 Å². The number of rotatable bonds is 7. The molecule has 1 aliphatic heterocycles. The number of nitrogens with one attached hydrogen (secondary N) is 3. The van der Waals surface area contributed by atoms with Crippen molar-refractivity contribution in [2.75, 3.05) is 17.2 Å². The number of hydrogen-bond donors (Lipinski definition) is 4. The van der Waals surface area contributed by atoms with Gasteiger partial charge in [0, 0.05) is 35.5 Å². The van der Waals surface area contributed by atoms with Crippen molar-refractivity contribution in [3.05, 3.63) is 77.1 Å². The third-order valence-corrected chi connectivity index (χ3v) is 8.05. The van der Waals surface area contributed by atoms with Crippen LogP contribution in [0.3, 0.4) is 0 Å². The molecule has 9 nitrogen and oxygen atoms in total. The summed E-state index contributed by atoms with van der Waals surface area (Å²) in [6, 6.07) is 14.7. The van der Waals surface area contributed by atoms with Gasteiger partial charge in [0.2, 0.25) is 5.91 Å². The van der Waals surface area contributed by atoms with E-state index in [-0.39, 0.29) is 29.7 Å². The summed E-state index contributed by atoms with van der Waals surface area (Å²) in [5, 5.41) is 9.04. The molecule has 226 valence electrons. The number of carbonyl (C=O) groups excluding carboxylic acids is 3. The number of carbonyl (C=O) groups is 3. The molecule has 5 N–H and O–H groups in total. The van der Waals surface area contributed by atoms with E-state index >= 15 is 0 Å². The van der Waals surface area contributed by atoms with E-state index in [9.17, 15) is 14.4 Å². The van der Waals surface area contributed by atoms with Crippen LogP contribution in [0.25, 0.3) is 11.1 Å². The molecule has 2 atom stereocenters. The second kappa shape index (κ2) is 13.4. The van der Waals surface area contributed by atoms with Gasteiger partial charge in [-0.3, -0.25) is 19.9 Å². The molecule has 3 aromatic rings. The number of hydrogen-bond acceptors (Lipinski definition) is 6. The van der Waals surface area contributed by atoms with Crippen molar-refractivity contribution in [1.82, 2.24) is 10.3 Å². The van der Waals surface area contributed by atoms with Crippen LogP contribution in [0.2, 0.25) is 0 Å². The molecule has 9 heteroatoms. The Morgan fingerprint density at radius 2 is 1.88 bits per heavy atom. The number of fused-ring (bicyclic) bond motifs is 4. The van der Waals surface area contributed by atoms with Crippen LogP contribution in [0.5, 0.6) is 0 Å². The largest absolute Gasteiger partial charge is 0.449 e. The third kappa shape index (κ3) is 7.59. The van der Waals surface area contributed by atoms with Crippen molar-refractivity contribution in [3.8, 4) is 11.1 Å². The lowest BCUT2D eigenvalue weighted by atomic mass is 9.95. The van der Waals surface area contributed by atoms with E-state index < -0.39 is 6.09 Å². The minimum absolute atomic E-state index is 0.108. The standard InChI is InChI=1S/C34H41N5O4/c1-20(2)19-43-34(42)37-26-11-12-27-23-13-14-36-31(16-23)29(6-4-5-21(3)32(40)39-30(27)17-26)38-33(41)24-9-10-25(18-35)28(15-24)22-7-8-22/h9-17,20-22,29H,4-8,18-19,35H2,1-3H3,(H,37,42)(H,38,41)(H,39,40)/t21-,29-/m0/s1. The van der Waals surface area contributed by atoms with Crippen LogP contribution in [0.1, 0.15) is 92.0 Å². The Labute approximate surface area is 253 Å². The highest BCUT2D eigenvalue weighted by Gasteiger charge is 2.27. The molecule has 3 amide bonds. The number of nitrogens with zero attached hydrogens (tertiary/aromatic N) is 1. The number of nitrogens with two attached hydrogens (primary N) is 1. The predicted molar refractivity (Wildman–Crippen MR) is 168 cm³/mol. The van der Waals surface area contributed by atoms with Crippen molar-refractivity contribution in [2.24, 2.45) is 17.6 Å². The van der Waals surface area contributed by atoms with Gasteiger partial charge in [0.05, 0.1) is 24.0 Å². The topological polar surface area (TPSA) is 135 Å². The number of pyridine rings is 1. The Balaban J connectivity index is 1.43. The highest BCUT2D eigenvalue weighted by molar-refractivity contribution is 5.98. The molecule has 2 aromatic carbocycles. The molecule has 5 rings (SSSR count). The highest BCUT2D eigenvalue weighted by atomic mass is 16.5. The van der Waals surface area contributed by atoms with E-state index in [4.69, 9.17) is 10.5 Å². The first-order chi connectivity index (χ1) is 20.7. The Hall–Kier alpha value is -4.24. The molecule has 2 aliphatic rings. The lowest BCUT2D eigenvalue weighted by molar-refractivity contribution is -0.119. The molecule has 1 fully saturated rings. The van der Waals surface area contributed by atoms with Crippen LogP contribution in [-0.2, 0) is 16.1 Å². The van der Waals surface area contributed by atoms with E-state index in [0.717, 1.165) is 41.6 Å². The molecule has 1 aromatic heterocycles. The number of amides is 3. The number of anilines is 2. The number of ether oxygens (including phenoxy) is 1. The quantitative estimate of drug-likeness (QED) is 0.250. The molecule has 43 heavy (non-hydrogen) atoms. The summed E-state index contributed by atoms with van der Waals surface area (Å²) in [6.07, 6.45) is 5.44. The van der Waals surface area contributed by atoms with Crippen molar-refractivity contribution in [3.63, 3.8) is 0 Å². The fourth-order valence-electron chi connectivity index (χ4n) is 5.43. The van der Waals surface area contributed by atoms with Crippen LogP contribution in [0, 0.1) is 11.8 Å². The summed E-state index contributed by atoms with van der Waals surface area (Å²) in [6.45, 7) is 6.60. The van der Waals surface area contributed by atoms with E-state index in [2.05, 4.69) is 20.9 Å². The number of aromatic nitrogens is 1. The zero-order valence-electron chi connectivity index (χ0n) is 25.1. The zero-order valence-corrected chi connectivity index (χ0v) is 25.1. The van der Waals surface area contributed by atoms with E-state index in [1.807, 2.05) is 57.2 Å². The molecular weight excluding hydrogens is 542 g/mol. The molecule has 0 radical (unpaired) electrons. The first-order valence-electron chi connectivity index (χ1n) is 15.2. The van der Waals surface area contributed by atoms with Crippen molar-refractivity contribution < 1.29 is 19.1 Å². The maximum Gasteiger partial charge on any atom is 0.411 e. The van der Waals surface area contributed by atoms with Gasteiger partial charge >= 0.3 is 6.09 Å². The maximum absolute atomic E-state index is 13.5. The van der Waals surface area contributed by atoms with Crippen molar-refractivity contribution in [1.29, 1.82) is 0 Å². The first kappa shape index (κ1) is 30.2. The highest BCUT2D eigenvalue weighted by Crippen LogP contribution is 2.42. The van der Waals surface area contributed by atoms with Gasteiger partial charge in [0.15, 0.2) is 0 Å². The second-order valence-electron chi connectivity index (χ2n) is 12.1. The second-order valence-corrected chi connectivity index (χ2v) is 12.1. The molecule has 1 aliphatic carbocycles. The number of benzene rings is 2. The van der Waals surface area contributed by atoms with Gasteiger partial charge in [-0.15, -0.1) is 0 Å². The smallest absolute Gasteiger partial charge is 0.411 e. The lowest BCUT2D eigenvalue weighted by Crippen LogP contribution is -2.30. The molecule has 0 spiro atoms. The third-order valence-electron chi connectivity index (χ3n) is 8.05. The van der Waals surface area contributed by atoms with E-state index in [1.165, 1.54) is 5.56 Å². The molecule has 0 unspecified atom stereocenters. The van der Waals surface area contributed by atoms with Crippen LogP contribution < -0.4 is 21.7 Å². The van der Waals surface area contributed by atoms with Gasteiger partial charge in [0.25, 0.3) is 5.91 Å². The Morgan fingerprint density at radius 1 is 1.07 bits per heavy atom. The predicted octanol–water partition coefficient (Wildman–Crippen LogP) is 6.52. The van der Waals surface area contributed by atoms with E-state index in [1.54, 1.807) is 18.3 Å². The summed E-state index contributed by atoms with van der Waals surface area (Å²) in [5.74, 6) is 0.187. The molecule has 1 saturated carbocycles. The van der Waals surface area contributed by atoms with Gasteiger partial charge in [-0.2, -0.15) is 0 Å². The summed E-state index contributed by atoms with van der Waals surface area (Å²) < 4.78 is 5.26. The molecular formula is C34H41N5O4. The molecule has 0 saturated heterocycles.